The SMILES string of the molecule is COC(=O)CCC(=O)Nc1ccc2c(=O)[nH][nH]c(=O)c2c1. The number of hydrogen-bond acceptors (Lipinski definition) is 5. The van der Waals surface area contributed by atoms with E-state index in [1.54, 1.807) is 0 Å². The van der Waals surface area contributed by atoms with Crippen molar-refractivity contribution in [2.75, 3.05) is 12.4 Å². The number of ether oxygens (including phenoxy) is 1. The number of rotatable bonds is 4. The van der Waals surface area contributed by atoms with Crippen molar-refractivity contribution in [3.05, 3.63) is 38.9 Å². The van der Waals surface area contributed by atoms with Crippen molar-refractivity contribution in [1.29, 1.82) is 0 Å². The van der Waals surface area contributed by atoms with Crippen LogP contribution >= 0.6 is 0 Å². The number of anilines is 1. The third-order valence-corrected chi connectivity index (χ3v) is 2.87. The Hall–Kier alpha value is -2.90. The summed E-state index contributed by atoms with van der Waals surface area (Å²) in [5.74, 6) is -0.868. The van der Waals surface area contributed by atoms with E-state index >= 15 is 0 Å². The quantitative estimate of drug-likeness (QED) is 0.690. The smallest absolute Gasteiger partial charge is 0.306 e. The number of benzene rings is 1. The van der Waals surface area contributed by atoms with Crippen molar-refractivity contribution in [3.8, 4) is 0 Å². The van der Waals surface area contributed by atoms with Gasteiger partial charge in [-0.05, 0) is 18.2 Å². The summed E-state index contributed by atoms with van der Waals surface area (Å²) in [5.41, 5.74) is -0.517. The summed E-state index contributed by atoms with van der Waals surface area (Å²) in [6.45, 7) is 0. The highest BCUT2D eigenvalue weighted by Crippen LogP contribution is 2.13. The van der Waals surface area contributed by atoms with Crippen molar-refractivity contribution in [2.45, 2.75) is 12.8 Å². The molecule has 1 aromatic carbocycles. The average molecular weight is 291 g/mol. The molecule has 3 N–H and O–H groups in total. The number of amides is 1. The van der Waals surface area contributed by atoms with Crippen LogP contribution in [0.5, 0.6) is 0 Å². The molecule has 2 aromatic rings. The number of nitrogens with one attached hydrogen (secondary N) is 3. The summed E-state index contributed by atoms with van der Waals surface area (Å²) in [6.07, 6.45) is -0.0629. The Morgan fingerprint density at radius 1 is 1.10 bits per heavy atom. The van der Waals surface area contributed by atoms with Gasteiger partial charge in [0, 0.05) is 12.1 Å². The Morgan fingerprint density at radius 2 is 1.76 bits per heavy atom. The van der Waals surface area contributed by atoms with Crippen LogP contribution in [-0.4, -0.2) is 29.2 Å². The number of carbonyl (C=O) groups excluding carboxylic acids is 2. The fraction of sp³-hybridized carbons (Fsp3) is 0.231. The topological polar surface area (TPSA) is 121 Å². The molecule has 8 nitrogen and oxygen atoms in total. The van der Waals surface area contributed by atoms with E-state index in [9.17, 15) is 19.2 Å². The van der Waals surface area contributed by atoms with E-state index in [4.69, 9.17) is 0 Å². The van der Waals surface area contributed by atoms with Gasteiger partial charge in [0.2, 0.25) is 5.91 Å². The van der Waals surface area contributed by atoms with E-state index in [-0.39, 0.29) is 29.5 Å². The standard InChI is InChI=1S/C13H13N3O5/c1-21-11(18)5-4-10(17)14-7-2-3-8-9(6-7)13(20)16-15-12(8)19/h2-3,6H,4-5H2,1H3,(H,14,17)(H,15,19)(H,16,20). The molecule has 21 heavy (non-hydrogen) atoms. The molecule has 110 valence electrons. The van der Waals surface area contributed by atoms with Crippen LogP contribution in [0.15, 0.2) is 27.8 Å². The van der Waals surface area contributed by atoms with Gasteiger partial charge in [0.05, 0.1) is 24.3 Å². The number of aromatic amines is 2. The minimum absolute atomic E-state index is 0.0313. The van der Waals surface area contributed by atoms with Gasteiger partial charge in [0.15, 0.2) is 0 Å². The summed E-state index contributed by atoms with van der Waals surface area (Å²) in [5, 5.41) is 7.36. The number of H-pyrrole nitrogens is 2. The normalized spacial score (nSPS) is 10.3. The van der Waals surface area contributed by atoms with E-state index in [1.165, 1.54) is 25.3 Å². The molecule has 0 aliphatic heterocycles. The third-order valence-electron chi connectivity index (χ3n) is 2.87. The van der Waals surface area contributed by atoms with Crippen molar-refractivity contribution >= 4 is 28.3 Å². The van der Waals surface area contributed by atoms with Crippen LogP contribution in [0, 0.1) is 0 Å². The van der Waals surface area contributed by atoms with Crippen LogP contribution in [-0.2, 0) is 14.3 Å². The molecular formula is C13H13N3O5. The molecule has 0 saturated heterocycles. The zero-order valence-electron chi connectivity index (χ0n) is 11.2. The maximum absolute atomic E-state index is 11.6. The lowest BCUT2D eigenvalue weighted by atomic mass is 10.1. The zero-order valence-corrected chi connectivity index (χ0v) is 11.2. The first kappa shape index (κ1) is 14.5. The number of hydrogen-bond donors (Lipinski definition) is 3. The van der Waals surface area contributed by atoms with Gasteiger partial charge in [-0.1, -0.05) is 0 Å². The van der Waals surface area contributed by atoms with Crippen molar-refractivity contribution in [1.82, 2.24) is 10.2 Å². The number of carbonyl (C=O) groups is 2. The van der Waals surface area contributed by atoms with Crippen LogP contribution in [0.3, 0.4) is 0 Å². The molecule has 0 unspecified atom stereocenters. The highest BCUT2D eigenvalue weighted by molar-refractivity contribution is 5.95. The van der Waals surface area contributed by atoms with Gasteiger partial charge < -0.3 is 10.1 Å². The minimum atomic E-state index is -0.480. The van der Waals surface area contributed by atoms with Gasteiger partial charge in [0.25, 0.3) is 11.1 Å². The first-order valence-electron chi connectivity index (χ1n) is 6.12. The first-order chi connectivity index (χ1) is 10.0. The van der Waals surface area contributed by atoms with E-state index in [0.717, 1.165) is 0 Å². The van der Waals surface area contributed by atoms with E-state index in [1.807, 2.05) is 0 Å². The second-order valence-electron chi connectivity index (χ2n) is 4.29. The second-order valence-corrected chi connectivity index (χ2v) is 4.29. The molecule has 0 bridgehead atoms. The molecule has 1 heterocycles. The van der Waals surface area contributed by atoms with Crippen LogP contribution in [0.4, 0.5) is 5.69 Å². The van der Waals surface area contributed by atoms with Gasteiger partial charge in [-0.15, -0.1) is 0 Å². The Balaban J connectivity index is 2.18. The Kier molecular flexibility index (Phi) is 4.17. The van der Waals surface area contributed by atoms with Gasteiger partial charge in [-0.3, -0.25) is 29.4 Å². The highest BCUT2D eigenvalue weighted by atomic mass is 16.5. The van der Waals surface area contributed by atoms with Crippen molar-refractivity contribution in [2.24, 2.45) is 0 Å². The first-order valence-corrected chi connectivity index (χ1v) is 6.12. The maximum atomic E-state index is 11.6. The molecule has 8 heteroatoms. The molecule has 2 rings (SSSR count). The number of fused-ring (bicyclic) bond motifs is 1. The fourth-order valence-corrected chi connectivity index (χ4v) is 1.80. The van der Waals surface area contributed by atoms with Crippen LogP contribution < -0.4 is 16.4 Å². The predicted molar refractivity (Wildman–Crippen MR) is 75.1 cm³/mol. The molecule has 0 radical (unpaired) electrons. The summed E-state index contributed by atoms with van der Waals surface area (Å²) in [7, 11) is 1.24. The summed E-state index contributed by atoms with van der Waals surface area (Å²) in [4.78, 5) is 45.7. The second kappa shape index (κ2) is 6.04. The highest BCUT2D eigenvalue weighted by Gasteiger charge is 2.09. The van der Waals surface area contributed by atoms with Crippen molar-refractivity contribution in [3.63, 3.8) is 0 Å². The summed E-state index contributed by atoms with van der Waals surface area (Å²) >= 11 is 0. The number of methoxy groups -OCH3 is 1. The zero-order chi connectivity index (χ0) is 15.4. The van der Waals surface area contributed by atoms with E-state index < -0.39 is 17.1 Å². The van der Waals surface area contributed by atoms with Crippen LogP contribution in [0.1, 0.15) is 12.8 Å². The van der Waals surface area contributed by atoms with Gasteiger partial charge in [0.1, 0.15) is 0 Å². The maximum Gasteiger partial charge on any atom is 0.306 e. The Labute approximate surface area is 118 Å². The third kappa shape index (κ3) is 3.35. The number of esters is 1. The van der Waals surface area contributed by atoms with Crippen LogP contribution in [0.2, 0.25) is 0 Å². The molecule has 0 fully saturated rings. The predicted octanol–water partition coefficient (Wildman–Crippen LogP) is 0.108. The molecule has 0 atom stereocenters. The van der Waals surface area contributed by atoms with Crippen LogP contribution in [0.25, 0.3) is 10.8 Å². The molecule has 0 aliphatic carbocycles. The molecule has 0 saturated carbocycles. The van der Waals surface area contributed by atoms with Crippen molar-refractivity contribution < 1.29 is 14.3 Å². The lowest BCUT2D eigenvalue weighted by Gasteiger charge is -2.05. The summed E-state index contributed by atoms with van der Waals surface area (Å²) in [6, 6.07) is 4.35. The lowest BCUT2D eigenvalue weighted by Crippen LogP contribution is -2.19. The average Bonchev–Trinajstić information content (AvgIpc) is 2.48. The fourth-order valence-electron chi connectivity index (χ4n) is 1.80. The summed E-state index contributed by atoms with van der Waals surface area (Å²) < 4.78 is 4.43. The number of aromatic nitrogens is 2. The molecule has 1 amide bonds. The molecule has 0 spiro atoms. The molecular weight excluding hydrogens is 278 g/mol. The monoisotopic (exact) mass is 291 g/mol. The van der Waals surface area contributed by atoms with E-state index in [2.05, 4.69) is 20.3 Å². The minimum Gasteiger partial charge on any atom is -0.469 e. The van der Waals surface area contributed by atoms with E-state index in [0.29, 0.717) is 5.69 Å². The van der Waals surface area contributed by atoms with Gasteiger partial charge in [-0.25, -0.2) is 0 Å². The Bertz CT molecular complexity index is 805. The van der Waals surface area contributed by atoms with Gasteiger partial charge in [-0.2, -0.15) is 0 Å². The lowest BCUT2D eigenvalue weighted by molar-refractivity contribution is -0.141. The van der Waals surface area contributed by atoms with Gasteiger partial charge >= 0.3 is 5.97 Å². The largest absolute Gasteiger partial charge is 0.469 e. The molecule has 0 aliphatic rings. The Morgan fingerprint density at radius 3 is 2.43 bits per heavy atom. The molecule has 1 aromatic heterocycles.